The normalized spacial score (nSPS) is 13.9. The third-order valence-electron chi connectivity index (χ3n) is 4.03. The van der Waals surface area contributed by atoms with Gasteiger partial charge in [-0.05, 0) is 43.9 Å². The maximum atomic E-state index is 9.05. The maximum absolute atomic E-state index is 9.05. The lowest BCUT2D eigenvalue weighted by Gasteiger charge is -2.22. The average molecular weight is 278 g/mol. The van der Waals surface area contributed by atoms with E-state index in [4.69, 9.17) is 5.26 Å². The highest BCUT2D eigenvalue weighted by molar-refractivity contribution is 5.64. The zero-order valence-electron chi connectivity index (χ0n) is 12.2. The van der Waals surface area contributed by atoms with E-state index in [9.17, 15) is 0 Å². The SMILES string of the molecule is CN(c1cccc(C#N)c1)c1ncnc2c1CCCCC2. The van der Waals surface area contributed by atoms with E-state index in [1.54, 1.807) is 6.33 Å². The second-order valence-electron chi connectivity index (χ2n) is 5.40. The Hall–Kier alpha value is -2.41. The third-order valence-corrected chi connectivity index (χ3v) is 4.03. The molecule has 0 saturated carbocycles. The summed E-state index contributed by atoms with van der Waals surface area (Å²) in [7, 11) is 2.00. The van der Waals surface area contributed by atoms with Crippen LogP contribution in [-0.2, 0) is 12.8 Å². The van der Waals surface area contributed by atoms with Crippen LogP contribution in [0.15, 0.2) is 30.6 Å². The minimum absolute atomic E-state index is 0.666. The van der Waals surface area contributed by atoms with Crippen LogP contribution in [0.3, 0.4) is 0 Å². The van der Waals surface area contributed by atoms with Crippen molar-refractivity contribution in [2.75, 3.05) is 11.9 Å². The fraction of sp³-hybridized carbons (Fsp3) is 0.353. The highest BCUT2D eigenvalue weighted by Crippen LogP contribution is 2.30. The summed E-state index contributed by atoms with van der Waals surface area (Å²) in [5.41, 5.74) is 4.10. The lowest BCUT2D eigenvalue weighted by atomic mass is 10.1. The van der Waals surface area contributed by atoms with Crippen molar-refractivity contribution in [3.63, 3.8) is 0 Å². The monoisotopic (exact) mass is 278 g/mol. The first-order valence-corrected chi connectivity index (χ1v) is 7.36. The van der Waals surface area contributed by atoms with Crippen molar-refractivity contribution in [3.8, 4) is 6.07 Å². The smallest absolute Gasteiger partial charge is 0.139 e. The Labute approximate surface area is 125 Å². The van der Waals surface area contributed by atoms with Crippen LogP contribution in [0.4, 0.5) is 11.5 Å². The molecule has 0 atom stereocenters. The van der Waals surface area contributed by atoms with Gasteiger partial charge in [-0.1, -0.05) is 12.5 Å². The van der Waals surface area contributed by atoms with Gasteiger partial charge in [-0.2, -0.15) is 5.26 Å². The summed E-state index contributed by atoms with van der Waals surface area (Å²) in [5.74, 6) is 0.969. The second-order valence-corrected chi connectivity index (χ2v) is 5.40. The number of aromatic nitrogens is 2. The molecule has 106 valence electrons. The number of aryl methyl sites for hydroxylation is 1. The minimum atomic E-state index is 0.666. The Morgan fingerprint density at radius 1 is 1.14 bits per heavy atom. The van der Waals surface area contributed by atoms with Gasteiger partial charge in [0.25, 0.3) is 0 Å². The summed E-state index contributed by atoms with van der Waals surface area (Å²) >= 11 is 0. The molecule has 0 amide bonds. The van der Waals surface area contributed by atoms with E-state index in [0.29, 0.717) is 5.56 Å². The quantitative estimate of drug-likeness (QED) is 0.790. The van der Waals surface area contributed by atoms with Gasteiger partial charge in [0.05, 0.1) is 11.6 Å². The molecule has 0 fully saturated rings. The van der Waals surface area contributed by atoms with Crippen molar-refractivity contribution in [1.82, 2.24) is 9.97 Å². The summed E-state index contributed by atoms with van der Waals surface area (Å²) in [6, 6.07) is 9.81. The van der Waals surface area contributed by atoms with Gasteiger partial charge in [0, 0.05) is 24.0 Å². The fourth-order valence-electron chi connectivity index (χ4n) is 2.88. The third kappa shape index (κ3) is 2.73. The summed E-state index contributed by atoms with van der Waals surface area (Å²) in [6.07, 6.45) is 7.38. The Morgan fingerprint density at radius 3 is 2.86 bits per heavy atom. The first-order valence-electron chi connectivity index (χ1n) is 7.36. The molecule has 1 aromatic heterocycles. The number of nitriles is 1. The van der Waals surface area contributed by atoms with Crippen LogP contribution < -0.4 is 4.90 Å². The van der Waals surface area contributed by atoms with Crippen molar-refractivity contribution in [3.05, 3.63) is 47.4 Å². The molecule has 1 aromatic carbocycles. The molecular formula is C17H18N4. The molecule has 21 heavy (non-hydrogen) atoms. The first-order chi connectivity index (χ1) is 10.3. The summed E-state index contributed by atoms with van der Waals surface area (Å²) in [5, 5.41) is 9.05. The van der Waals surface area contributed by atoms with E-state index in [2.05, 4.69) is 20.9 Å². The van der Waals surface area contributed by atoms with Gasteiger partial charge < -0.3 is 4.90 Å². The van der Waals surface area contributed by atoms with Crippen LogP contribution in [0.25, 0.3) is 0 Å². The van der Waals surface area contributed by atoms with E-state index in [1.165, 1.54) is 30.5 Å². The van der Waals surface area contributed by atoms with Crippen molar-refractivity contribution in [2.45, 2.75) is 32.1 Å². The molecular weight excluding hydrogens is 260 g/mol. The molecule has 4 nitrogen and oxygen atoms in total. The second kappa shape index (κ2) is 5.92. The molecule has 0 N–H and O–H groups in total. The van der Waals surface area contributed by atoms with Crippen LogP contribution >= 0.6 is 0 Å². The van der Waals surface area contributed by atoms with Gasteiger partial charge in [0.2, 0.25) is 0 Å². The minimum Gasteiger partial charge on any atom is -0.329 e. The highest BCUT2D eigenvalue weighted by atomic mass is 15.2. The number of hydrogen-bond donors (Lipinski definition) is 0. The van der Waals surface area contributed by atoms with Crippen molar-refractivity contribution in [2.24, 2.45) is 0 Å². The van der Waals surface area contributed by atoms with Gasteiger partial charge in [-0.15, -0.1) is 0 Å². The zero-order chi connectivity index (χ0) is 14.7. The number of fused-ring (bicyclic) bond motifs is 1. The average Bonchev–Trinajstić information content (AvgIpc) is 2.79. The number of rotatable bonds is 2. The molecule has 0 radical (unpaired) electrons. The predicted octanol–water partition coefficient (Wildman–Crippen LogP) is 3.39. The van der Waals surface area contributed by atoms with Gasteiger partial charge >= 0.3 is 0 Å². The summed E-state index contributed by atoms with van der Waals surface area (Å²) in [4.78, 5) is 11.0. The maximum Gasteiger partial charge on any atom is 0.139 e. The van der Waals surface area contributed by atoms with E-state index in [1.807, 2.05) is 31.3 Å². The van der Waals surface area contributed by atoms with Crippen molar-refractivity contribution < 1.29 is 0 Å². The Kier molecular flexibility index (Phi) is 3.83. The van der Waals surface area contributed by atoms with E-state index >= 15 is 0 Å². The van der Waals surface area contributed by atoms with Crippen molar-refractivity contribution >= 4 is 11.5 Å². The topological polar surface area (TPSA) is 52.8 Å². The molecule has 1 aliphatic rings. The Morgan fingerprint density at radius 2 is 2.00 bits per heavy atom. The molecule has 4 heteroatoms. The van der Waals surface area contributed by atoms with Crippen molar-refractivity contribution in [1.29, 1.82) is 5.26 Å². The summed E-state index contributed by atoms with van der Waals surface area (Å²) < 4.78 is 0. The number of nitrogens with zero attached hydrogens (tertiary/aromatic N) is 4. The van der Waals surface area contributed by atoms with Crippen LogP contribution in [0, 0.1) is 11.3 Å². The zero-order valence-corrected chi connectivity index (χ0v) is 12.2. The standard InChI is InChI=1S/C17H18N4/c1-21(14-7-5-6-13(10-14)11-18)17-15-8-3-2-4-9-16(15)19-12-20-17/h5-7,10,12H,2-4,8-9H2,1H3. The van der Waals surface area contributed by atoms with Crippen LogP contribution in [0.2, 0.25) is 0 Å². The summed E-state index contributed by atoms with van der Waals surface area (Å²) in [6.45, 7) is 0. The van der Waals surface area contributed by atoms with E-state index in [0.717, 1.165) is 24.3 Å². The van der Waals surface area contributed by atoms with E-state index in [-0.39, 0.29) is 0 Å². The fourth-order valence-corrected chi connectivity index (χ4v) is 2.88. The molecule has 0 spiro atoms. The molecule has 0 aliphatic heterocycles. The molecule has 0 unspecified atom stereocenters. The van der Waals surface area contributed by atoms with Gasteiger partial charge in [-0.25, -0.2) is 9.97 Å². The molecule has 1 aliphatic carbocycles. The first kappa shape index (κ1) is 13.6. The Bertz CT molecular complexity index is 687. The molecule has 0 saturated heterocycles. The van der Waals surface area contributed by atoms with Gasteiger partial charge in [-0.3, -0.25) is 0 Å². The van der Waals surface area contributed by atoms with Crippen LogP contribution in [0.5, 0.6) is 0 Å². The van der Waals surface area contributed by atoms with Gasteiger partial charge in [0.15, 0.2) is 0 Å². The molecule has 2 aromatic rings. The number of anilines is 2. The van der Waals surface area contributed by atoms with Gasteiger partial charge in [0.1, 0.15) is 12.1 Å². The van der Waals surface area contributed by atoms with Crippen LogP contribution in [0.1, 0.15) is 36.1 Å². The molecule has 1 heterocycles. The Balaban J connectivity index is 2.01. The molecule has 3 rings (SSSR count). The van der Waals surface area contributed by atoms with E-state index < -0.39 is 0 Å². The lowest BCUT2D eigenvalue weighted by Crippen LogP contribution is -2.15. The number of benzene rings is 1. The lowest BCUT2D eigenvalue weighted by molar-refractivity contribution is 0.708. The predicted molar refractivity (Wildman–Crippen MR) is 82.5 cm³/mol. The highest BCUT2D eigenvalue weighted by Gasteiger charge is 2.17. The van der Waals surface area contributed by atoms with Crippen LogP contribution in [-0.4, -0.2) is 17.0 Å². The number of hydrogen-bond acceptors (Lipinski definition) is 4. The molecule has 0 bridgehead atoms. The largest absolute Gasteiger partial charge is 0.329 e.